The average molecular weight is 276 g/mol. The van der Waals surface area contributed by atoms with Crippen molar-refractivity contribution in [1.82, 2.24) is 0 Å². The lowest BCUT2D eigenvalue weighted by molar-refractivity contribution is 0.104. The van der Waals surface area contributed by atoms with Crippen LogP contribution in [0.5, 0.6) is 0 Å². The van der Waals surface area contributed by atoms with E-state index in [0.29, 0.717) is 11.8 Å². The van der Waals surface area contributed by atoms with Crippen molar-refractivity contribution in [2.75, 3.05) is 0 Å². The first kappa shape index (κ1) is 12.1. The van der Waals surface area contributed by atoms with Crippen molar-refractivity contribution in [3.63, 3.8) is 0 Å². The average Bonchev–Trinajstić information content (AvgIpc) is 2.95. The van der Waals surface area contributed by atoms with E-state index in [1.807, 2.05) is 0 Å². The van der Waals surface area contributed by atoms with E-state index in [0.717, 1.165) is 11.1 Å². The molecule has 0 radical (unpaired) electrons. The summed E-state index contributed by atoms with van der Waals surface area (Å²) in [6, 6.07) is 4.18. The van der Waals surface area contributed by atoms with Crippen molar-refractivity contribution >= 4 is 28.5 Å². The monoisotopic (exact) mass is 276 g/mol. The molecule has 0 aliphatic heterocycles. The molecule has 0 saturated carbocycles. The van der Waals surface area contributed by atoms with E-state index in [4.69, 9.17) is 0 Å². The standard InChI is InChI=1S/C15H16OS2/c1-7(2)11-5-9-13(16)10-6-12(8(3)4)18-15(10)14(9)17-11/h5-8H,1-4H3. The van der Waals surface area contributed by atoms with Gasteiger partial charge in [0.15, 0.2) is 5.78 Å². The molecule has 0 amide bonds. The maximum atomic E-state index is 12.4. The highest BCUT2D eigenvalue weighted by atomic mass is 32.1. The van der Waals surface area contributed by atoms with E-state index >= 15 is 0 Å². The zero-order valence-electron chi connectivity index (χ0n) is 11.0. The Morgan fingerprint density at radius 2 is 1.22 bits per heavy atom. The number of carbonyl (C=O) groups is 1. The molecule has 0 unspecified atom stereocenters. The number of thiophene rings is 2. The van der Waals surface area contributed by atoms with Gasteiger partial charge in [0, 0.05) is 20.9 Å². The SMILES string of the molecule is CC(C)c1cc2c(s1)-c1sc(C(C)C)cc1C2=O. The van der Waals surface area contributed by atoms with Crippen LogP contribution in [0.3, 0.4) is 0 Å². The highest BCUT2D eigenvalue weighted by Gasteiger charge is 2.32. The first-order valence-electron chi connectivity index (χ1n) is 6.31. The molecule has 1 aliphatic rings. The number of fused-ring (bicyclic) bond motifs is 3. The van der Waals surface area contributed by atoms with Gasteiger partial charge in [0.2, 0.25) is 0 Å². The Hall–Kier alpha value is -0.930. The lowest BCUT2D eigenvalue weighted by Gasteiger charge is -1.98. The van der Waals surface area contributed by atoms with Crippen LogP contribution in [0.25, 0.3) is 9.75 Å². The van der Waals surface area contributed by atoms with E-state index in [9.17, 15) is 4.79 Å². The van der Waals surface area contributed by atoms with Gasteiger partial charge in [-0.05, 0) is 24.0 Å². The van der Waals surface area contributed by atoms with Gasteiger partial charge in [0.05, 0.1) is 9.75 Å². The molecule has 0 aromatic carbocycles. The molecule has 3 rings (SSSR count). The van der Waals surface area contributed by atoms with Crippen molar-refractivity contribution in [1.29, 1.82) is 0 Å². The van der Waals surface area contributed by atoms with Gasteiger partial charge in [-0.3, -0.25) is 4.79 Å². The summed E-state index contributed by atoms with van der Waals surface area (Å²) < 4.78 is 0. The summed E-state index contributed by atoms with van der Waals surface area (Å²) in [5, 5.41) is 0. The van der Waals surface area contributed by atoms with Crippen LogP contribution in [-0.4, -0.2) is 5.78 Å². The fraction of sp³-hybridized carbons (Fsp3) is 0.400. The van der Waals surface area contributed by atoms with Gasteiger partial charge in [-0.25, -0.2) is 0 Å². The number of ketones is 1. The molecule has 3 heteroatoms. The third kappa shape index (κ3) is 1.61. The fourth-order valence-corrected chi connectivity index (χ4v) is 4.68. The van der Waals surface area contributed by atoms with E-state index in [2.05, 4.69) is 39.8 Å². The Bertz CT molecular complexity index is 575. The van der Waals surface area contributed by atoms with Gasteiger partial charge in [0.25, 0.3) is 0 Å². The molecule has 0 N–H and O–H groups in total. The molecular weight excluding hydrogens is 260 g/mol. The van der Waals surface area contributed by atoms with Crippen LogP contribution in [0.1, 0.15) is 65.2 Å². The second-order valence-electron chi connectivity index (χ2n) is 5.42. The van der Waals surface area contributed by atoms with Crippen molar-refractivity contribution in [2.24, 2.45) is 0 Å². The van der Waals surface area contributed by atoms with Crippen LogP contribution in [0.2, 0.25) is 0 Å². The van der Waals surface area contributed by atoms with Crippen molar-refractivity contribution < 1.29 is 4.79 Å². The van der Waals surface area contributed by atoms with Crippen LogP contribution < -0.4 is 0 Å². The minimum absolute atomic E-state index is 0.228. The third-order valence-electron chi connectivity index (χ3n) is 3.34. The molecule has 2 aromatic heterocycles. The van der Waals surface area contributed by atoms with E-state index in [1.54, 1.807) is 22.7 Å². The normalized spacial score (nSPS) is 13.6. The first-order valence-corrected chi connectivity index (χ1v) is 7.95. The van der Waals surface area contributed by atoms with Crippen molar-refractivity contribution in [2.45, 2.75) is 39.5 Å². The molecular formula is C15H16OS2. The Balaban J connectivity index is 2.16. The summed E-state index contributed by atoms with van der Waals surface area (Å²) in [5.41, 5.74) is 1.86. The molecule has 94 valence electrons. The predicted octanol–water partition coefficient (Wildman–Crippen LogP) is 5.27. The van der Waals surface area contributed by atoms with Crippen LogP contribution in [0.4, 0.5) is 0 Å². The predicted molar refractivity (Wildman–Crippen MR) is 79.2 cm³/mol. The molecule has 0 fully saturated rings. The van der Waals surface area contributed by atoms with Gasteiger partial charge in [-0.15, -0.1) is 22.7 Å². The number of hydrogen-bond donors (Lipinski definition) is 0. The van der Waals surface area contributed by atoms with Gasteiger partial charge >= 0.3 is 0 Å². The Morgan fingerprint density at radius 3 is 1.56 bits per heavy atom. The molecule has 18 heavy (non-hydrogen) atoms. The van der Waals surface area contributed by atoms with Crippen molar-refractivity contribution in [3.05, 3.63) is 33.0 Å². The molecule has 0 bridgehead atoms. The van der Waals surface area contributed by atoms with Crippen LogP contribution in [-0.2, 0) is 0 Å². The second-order valence-corrected chi connectivity index (χ2v) is 7.59. The number of carbonyl (C=O) groups excluding carboxylic acids is 1. The smallest absolute Gasteiger partial charge is 0.196 e. The summed E-state index contributed by atoms with van der Waals surface area (Å²) in [7, 11) is 0. The second kappa shape index (κ2) is 4.04. The molecule has 1 aliphatic carbocycles. The molecule has 2 aromatic rings. The van der Waals surface area contributed by atoms with Gasteiger partial charge in [-0.2, -0.15) is 0 Å². The van der Waals surface area contributed by atoms with Crippen molar-refractivity contribution in [3.8, 4) is 9.75 Å². The zero-order chi connectivity index (χ0) is 13.0. The van der Waals surface area contributed by atoms with Crippen LogP contribution in [0, 0.1) is 0 Å². The van der Waals surface area contributed by atoms with E-state index < -0.39 is 0 Å². The Morgan fingerprint density at radius 1 is 0.833 bits per heavy atom. The minimum Gasteiger partial charge on any atom is -0.288 e. The maximum Gasteiger partial charge on any atom is 0.196 e. The summed E-state index contributed by atoms with van der Waals surface area (Å²) >= 11 is 3.58. The lowest BCUT2D eigenvalue weighted by atomic mass is 10.1. The molecule has 0 saturated heterocycles. The molecule has 1 nitrogen and oxygen atoms in total. The quantitative estimate of drug-likeness (QED) is 0.623. The topological polar surface area (TPSA) is 17.1 Å². The van der Waals surface area contributed by atoms with Crippen LogP contribution >= 0.6 is 22.7 Å². The number of rotatable bonds is 2. The van der Waals surface area contributed by atoms with E-state index in [1.165, 1.54) is 19.5 Å². The zero-order valence-corrected chi connectivity index (χ0v) is 12.7. The third-order valence-corrected chi connectivity index (χ3v) is 6.37. The molecule has 0 spiro atoms. The highest BCUT2D eigenvalue weighted by molar-refractivity contribution is 7.23. The van der Waals surface area contributed by atoms with E-state index in [-0.39, 0.29) is 5.78 Å². The molecule has 0 atom stereocenters. The Labute approximate surface area is 115 Å². The lowest BCUT2D eigenvalue weighted by Crippen LogP contribution is -1.93. The summed E-state index contributed by atoms with van der Waals surface area (Å²) in [4.78, 5) is 17.4. The highest BCUT2D eigenvalue weighted by Crippen LogP contribution is 2.48. The largest absolute Gasteiger partial charge is 0.288 e. The number of hydrogen-bond acceptors (Lipinski definition) is 3. The summed E-state index contributed by atoms with van der Waals surface area (Å²) in [5.74, 6) is 1.23. The van der Waals surface area contributed by atoms with Gasteiger partial charge in [-0.1, -0.05) is 27.7 Å². The maximum absolute atomic E-state index is 12.4. The summed E-state index contributed by atoms with van der Waals surface area (Å²) in [6.45, 7) is 8.72. The molecule has 2 heterocycles. The van der Waals surface area contributed by atoms with Crippen LogP contribution in [0.15, 0.2) is 12.1 Å². The van der Waals surface area contributed by atoms with Gasteiger partial charge < -0.3 is 0 Å². The minimum atomic E-state index is 0.228. The van der Waals surface area contributed by atoms with Gasteiger partial charge in [0.1, 0.15) is 0 Å². The summed E-state index contributed by atoms with van der Waals surface area (Å²) in [6.07, 6.45) is 0. The fourth-order valence-electron chi connectivity index (χ4n) is 2.21. The first-order chi connectivity index (χ1) is 8.49. The Kier molecular flexibility index (Phi) is 2.72.